The standard InChI is InChI=1S/C17H27N5O2/c1-20(10-14-11-21-7-3-2-6-15(21)19-14)12-16(23)22-8-4-5-13(9-22)17(18)24/h11,13H,2-10,12H2,1H3,(H2,18,24). The molecule has 2 aliphatic rings. The maximum Gasteiger partial charge on any atom is 0.236 e. The van der Waals surface area contributed by atoms with Crippen LogP contribution in [0.25, 0.3) is 0 Å². The summed E-state index contributed by atoms with van der Waals surface area (Å²) in [5.41, 5.74) is 6.41. The van der Waals surface area contributed by atoms with Gasteiger partial charge in [-0.15, -0.1) is 0 Å². The van der Waals surface area contributed by atoms with Crippen LogP contribution in [0.1, 0.15) is 37.2 Å². The summed E-state index contributed by atoms with van der Waals surface area (Å²) in [5, 5.41) is 0. The zero-order valence-electron chi connectivity index (χ0n) is 14.4. The Balaban J connectivity index is 1.52. The first-order valence-corrected chi connectivity index (χ1v) is 8.83. The van der Waals surface area contributed by atoms with E-state index in [1.807, 2.05) is 11.9 Å². The predicted octanol–water partition coefficient (Wildman–Crippen LogP) is 0.375. The van der Waals surface area contributed by atoms with Crippen LogP contribution >= 0.6 is 0 Å². The largest absolute Gasteiger partial charge is 0.369 e. The summed E-state index contributed by atoms with van der Waals surface area (Å²) in [7, 11) is 1.94. The van der Waals surface area contributed by atoms with Crippen LogP contribution in [0.2, 0.25) is 0 Å². The molecule has 1 fully saturated rings. The van der Waals surface area contributed by atoms with Crippen LogP contribution in [0.4, 0.5) is 0 Å². The highest BCUT2D eigenvalue weighted by Crippen LogP contribution is 2.17. The Kier molecular flexibility index (Phi) is 5.18. The van der Waals surface area contributed by atoms with Crippen LogP contribution in [0, 0.1) is 5.92 Å². The fraction of sp³-hybridized carbons (Fsp3) is 0.706. The summed E-state index contributed by atoms with van der Waals surface area (Å²) in [6.07, 6.45) is 7.21. The molecule has 0 bridgehead atoms. The number of aryl methyl sites for hydroxylation is 2. The van der Waals surface area contributed by atoms with Gasteiger partial charge in [0.05, 0.1) is 18.2 Å². The first-order valence-electron chi connectivity index (χ1n) is 8.83. The van der Waals surface area contributed by atoms with Crippen molar-refractivity contribution >= 4 is 11.8 Å². The molecular formula is C17H27N5O2. The van der Waals surface area contributed by atoms with Crippen LogP contribution < -0.4 is 5.73 Å². The molecule has 1 atom stereocenters. The molecular weight excluding hydrogens is 306 g/mol. The Morgan fingerprint density at radius 1 is 1.33 bits per heavy atom. The number of carbonyl (C=O) groups is 2. The quantitative estimate of drug-likeness (QED) is 0.844. The van der Waals surface area contributed by atoms with Gasteiger partial charge in [-0.1, -0.05) is 0 Å². The molecule has 1 aromatic heterocycles. The van der Waals surface area contributed by atoms with Crippen molar-refractivity contribution in [3.05, 3.63) is 17.7 Å². The zero-order valence-corrected chi connectivity index (χ0v) is 14.4. The average Bonchev–Trinajstić information content (AvgIpc) is 2.96. The van der Waals surface area contributed by atoms with Crippen molar-refractivity contribution in [2.75, 3.05) is 26.7 Å². The summed E-state index contributed by atoms with van der Waals surface area (Å²) >= 11 is 0. The second-order valence-corrected chi connectivity index (χ2v) is 7.05. The molecule has 0 radical (unpaired) electrons. The van der Waals surface area contributed by atoms with Crippen molar-refractivity contribution in [3.8, 4) is 0 Å². The number of nitrogens with two attached hydrogens (primary N) is 1. The van der Waals surface area contributed by atoms with Crippen molar-refractivity contribution in [2.24, 2.45) is 11.7 Å². The second-order valence-electron chi connectivity index (χ2n) is 7.05. The van der Waals surface area contributed by atoms with E-state index >= 15 is 0 Å². The Labute approximate surface area is 142 Å². The number of primary amides is 1. The SMILES string of the molecule is CN(CC(=O)N1CCCC(C(N)=O)C1)Cc1cn2c(n1)CCCC2. The minimum absolute atomic E-state index is 0.0624. The number of fused-ring (bicyclic) bond motifs is 1. The molecule has 7 heteroatoms. The van der Waals surface area contributed by atoms with Gasteiger partial charge in [0.15, 0.2) is 0 Å². The number of rotatable bonds is 5. The van der Waals surface area contributed by atoms with Gasteiger partial charge in [0, 0.05) is 38.8 Å². The van der Waals surface area contributed by atoms with Gasteiger partial charge in [-0.25, -0.2) is 4.98 Å². The molecule has 0 saturated carbocycles. The van der Waals surface area contributed by atoms with Crippen molar-refractivity contribution in [3.63, 3.8) is 0 Å². The van der Waals surface area contributed by atoms with Crippen LogP contribution in [-0.2, 0) is 29.1 Å². The van der Waals surface area contributed by atoms with Crippen LogP contribution in [0.5, 0.6) is 0 Å². The van der Waals surface area contributed by atoms with Gasteiger partial charge in [0.2, 0.25) is 11.8 Å². The average molecular weight is 333 g/mol. The normalized spacial score (nSPS) is 20.9. The molecule has 0 aliphatic carbocycles. The molecule has 2 amide bonds. The van der Waals surface area contributed by atoms with Crippen molar-refractivity contribution in [2.45, 2.75) is 45.2 Å². The van der Waals surface area contributed by atoms with E-state index in [9.17, 15) is 9.59 Å². The van der Waals surface area contributed by atoms with E-state index in [4.69, 9.17) is 5.73 Å². The van der Waals surface area contributed by atoms with E-state index in [0.29, 0.717) is 19.6 Å². The Morgan fingerprint density at radius 3 is 2.92 bits per heavy atom. The van der Waals surface area contributed by atoms with E-state index < -0.39 is 0 Å². The van der Waals surface area contributed by atoms with Crippen molar-refractivity contribution in [1.29, 1.82) is 0 Å². The lowest BCUT2D eigenvalue weighted by atomic mass is 9.97. The minimum Gasteiger partial charge on any atom is -0.369 e. The Bertz CT molecular complexity index is 589. The third-order valence-corrected chi connectivity index (χ3v) is 4.97. The molecule has 1 aromatic rings. The molecule has 0 spiro atoms. The summed E-state index contributed by atoms with van der Waals surface area (Å²) in [5.74, 6) is 0.723. The van der Waals surface area contributed by atoms with Gasteiger partial charge >= 0.3 is 0 Å². The molecule has 132 valence electrons. The van der Waals surface area contributed by atoms with Gasteiger partial charge < -0.3 is 15.2 Å². The molecule has 3 heterocycles. The second kappa shape index (κ2) is 7.34. The molecule has 7 nitrogen and oxygen atoms in total. The highest BCUT2D eigenvalue weighted by molar-refractivity contribution is 5.81. The summed E-state index contributed by atoms with van der Waals surface area (Å²) in [6, 6.07) is 0. The lowest BCUT2D eigenvalue weighted by Crippen LogP contribution is -2.47. The van der Waals surface area contributed by atoms with Crippen molar-refractivity contribution < 1.29 is 9.59 Å². The molecule has 2 N–H and O–H groups in total. The van der Waals surface area contributed by atoms with Gasteiger partial charge in [0.1, 0.15) is 5.82 Å². The lowest BCUT2D eigenvalue weighted by Gasteiger charge is -2.32. The molecule has 2 aliphatic heterocycles. The van der Waals surface area contributed by atoms with Gasteiger partial charge in [-0.3, -0.25) is 14.5 Å². The predicted molar refractivity (Wildman–Crippen MR) is 90.0 cm³/mol. The summed E-state index contributed by atoms with van der Waals surface area (Å²) < 4.78 is 2.23. The summed E-state index contributed by atoms with van der Waals surface area (Å²) in [4.78, 5) is 32.3. The van der Waals surface area contributed by atoms with Crippen LogP contribution in [0.3, 0.4) is 0 Å². The van der Waals surface area contributed by atoms with E-state index in [2.05, 4.69) is 15.7 Å². The smallest absolute Gasteiger partial charge is 0.236 e. The number of piperidine rings is 1. The zero-order chi connectivity index (χ0) is 17.1. The highest BCUT2D eigenvalue weighted by atomic mass is 16.2. The Hall–Kier alpha value is -1.89. The number of imidazole rings is 1. The van der Waals surface area contributed by atoms with Gasteiger partial charge in [-0.05, 0) is 32.7 Å². The van der Waals surface area contributed by atoms with Crippen LogP contribution in [0.15, 0.2) is 6.20 Å². The lowest BCUT2D eigenvalue weighted by molar-refractivity contribution is -0.135. The van der Waals surface area contributed by atoms with E-state index in [-0.39, 0.29) is 17.7 Å². The maximum absolute atomic E-state index is 12.5. The first-order chi connectivity index (χ1) is 11.5. The number of aromatic nitrogens is 2. The molecule has 1 saturated heterocycles. The fourth-order valence-electron chi connectivity index (χ4n) is 3.65. The van der Waals surface area contributed by atoms with Crippen molar-refractivity contribution in [1.82, 2.24) is 19.4 Å². The topological polar surface area (TPSA) is 84.5 Å². The molecule has 3 rings (SSSR count). The van der Waals surface area contributed by atoms with E-state index in [0.717, 1.165) is 43.9 Å². The maximum atomic E-state index is 12.5. The summed E-state index contributed by atoms with van der Waals surface area (Å²) in [6.45, 7) is 3.23. The fourth-order valence-corrected chi connectivity index (χ4v) is 3.65. The number of hydrogen-bond donors (Lipinski definition) is 1. The third kappa shape index (κ3) is 3.95. The van der Waals surface area contributed by atoms with Gasteiger partial charge in [-0.2, -0.15) is 0 Å². The first kappa shape index (κ1) is 17.0. The number of likely N-dealkylation sites (tertiary alicyclic amines) is 1. The number of hydrogen-bond acceptors (Lipinski definition) is 4. The molecule has 0 aromatic carbocycles. The van der Waals surface area contributed by atoms with Crippen LogP contribution in [-0.4, -0.2) is 57.8 Å². The van der Waals surface area contributed by atoms with E-state index in [1.54, 1.807) is 4.90 Å². The number of amides is 2. The molecule has 1 unspecified atom stereocenters. The number of likely N-dealkylation sites (N-methyl/N-ethyl adjacent to an activating group) is 1. The van der Waals surface area contributed by atoms with Gasteiger partial charge in [0.25, 0.3) is 0 Å². The third-order valence-electron chi connectivity index (χ3n) is 4.97. The highest BCUT2D eigenvalue weighted by Gasteiger charge is 2.27. The number of carbonyl (C=O) groups excluding carboxylic acids is 2. The minimum atomic E-state index is -0.301. The Morgan fingerprint density at radius 2 is 2.17 bits per heavy atom. The molecule has 24 heavy (non-hydrogen) atoms. The van der Waals surface area contributed by atoms with E-state index in [1.165, 1.54) is 12.8 Å². The number of nitrogens with zero attached hydrogens (tertiary/aromatic N) is 4. The monoisotopic (exact) mass is 333 g/mol.